The second-order valence-electron chi connectivity index (χ2n) is 4.12. The average molecular weight is 241 g/mol. The summed E-state index contributed by atoms with van der Waals surface area (Å²) in [6.07, 6.45) is 2.09. The van der Waals surface area contributed by atoms with Crippen molar-refractivity contribution in [1.29, 1.82) is 0 Å². The molecule has 1 aliphatic heterocycles. The second-order valence-corrected chi connectivity index (χ2v) is 4.56. The zero-order chi connectivity index (χ0) is 11.5. The molecule has 0 aromatic heterocycles. The Bertz CT molecular complexity index is 370. The van der Waals surface area contributed by atoms with Crippen LogP contribution in [0.1, 0.15) is 12.8 Å². The van der Waals surface area contributed by atoms with Gasteiger partial charge in [-0.05, 0) is 31.5 Å². The Kier molecular flexibility index (Phi) is 3.56. The lowest BCUT2D eigenvalue weighted by Gasteiger charge is -2.36. The minimum Gasteiger partial charge on any atom is -0.489 e. The van der Waals surface area contributed by atoms with Gasteiger partial charge in [0.1, 0.15) is 12.4 Å². The van der Waals surface area contributed by atoms with Crippen LogP contribution in [0.25, 0.3) is 0 Å². The lowest BCUT2D eigenvalue weighted by molar-refractivity contribution is 0.258. The van der Waals surface area contributed by atoms with Gasteiger partial charge < -0.3 is 15.4 Å². The highest BCUT2D eigenvalue weighted by atomic mass is 35.5. The summed E-state index contributed by atoms with van der Waals surface area (Å²) in [5.74, 6) is 0.874. The van der Waals surface area contributed by atoms with Crippen molar-refractivity contribution in [1.82, 2.24) is 0 Å². The fourth-order valence-electron chi connectivity index (χ4n) is 2.02. The van der Waals surface area contributed by atoms with Crippen LogP contribution in [-0.4, -0.2) is 26.2 Å². The van der Waals surface area contributed by atoms with Crippen LogP contribution < -0.4 is 15.4 Å². The average Bonchev–Trinajstić information content (AvgIpc) is 2.28. The molecule has 16 heavy (non-hydrogen) atoms. The molecule has 1 heterocycles. The molecule has 0 radical (unpaired) electrons. The number of benzene rings is 1. The number of fused-ring (bicyclic) bond motifs is 1. The molecule has 1 atom stereocenters. The maximum absolute atomic E-state index is 5.93. The molecular formula is C12H17ClN2O. The van der Waals surface area contributed by atoms with E-state index in [1.807, 2.05) is 18.2 Å². The van der Waals surface area contributed by atoms with Gasteiger partial charge in [0.25, 0.3) is 0 Å². The summed E-state index contributed by atoms with van der Waals surface area (Å²) in [7, 11) is 2.09. The largest absolute Gasteiger partial charge is 0.489 e. The predicted molar refractivity (Wildman–Crippen MR) is 67.4 cm³/mol. The summed E-state index contributed by atoms with van der Waals surface area (Å²) in [5.41, 5.74) is 6.64. The Hall–Kier alpha value is -0.930. The van der Waals surface area contributed by atoms with Gasteiger partial charge in [0.15, 0.2) is 0 Å². The number of hydrogen-bond donors (Lipinski definition) is 1. The van der Waals surface area contributed by atoms with Gasteiger partial charge in [-0.1, -0.05) is 11.6 Å². The third-order valence-electron chi connectivity index (χ3n) is 3.02. The molecule has 1 aliphatic rings. The first kappa shape index (κ1) is 11.6. The second kappa shape index (κ2) is 4.93. The fraction of sp³-hybridized carbons (Fsp3) is 0.500. The Morgan fingerprint density at radius 2 is 2.38 bits per heavy atom. The molecule has 0 fully saturated rings. The Labute approximate surface area is 101 Å². The smallest absolute Gasteiger partial charge is 0.144 e. The van der Waals surface area contributed by atoms with E-state index in [4.69, 9.17) is 22.1 Å². The van der Waals surface area contributed by atoms with Gasteiger partial charge in [-0.3, -0.25) is 0 Å². The zero-order valence-electron chi connectivity index (χ0n) is 9.45. The van der Waals surface area contributed by atoms with Gasteiger partial charge in [0, 0.05) is 18.1 Å². The van der Waals surface area contributed by atoms with Gasteiger partial charge in [-0.15, -0.1) is 0 Å². The van der Waals surface area contributed by atoms with E-state index >= 15 is 0 Å². The Balaban J connectivity index is 2.15. The van der Waals surface area contributed by atoms with Crippen LogP contribution in [-0.2, 0) is 0 Å². The molecule has 4 heteroatoms. The zero-order valence-corrected chi connectivity index (χ0v) is 10.2. The summed E-state index contributed by atoms with van der Waals surface area (Å²) in [4.78, 5) is 2.25. The number of ether oxygens (including phenoxy) is 1. The van der Waals surface area contributed by atoms with E-state index in [9.17, 15) is 0 Å². The lowest BCUT2D eigenvalue weighted by atomic mass is 10.1. The van der Waals surface area contributed by atoms with Crippen LogP contribution in [0.4, 0.5) is 5.69 Å². The molecule has 2 N–H and O–H groups in total. The number of nitrogens with zero attached hydrogens (tertiary/aromatic N) is 1. The molecular weight excluding hydrogens is 224 g/mol. The molecule has 0 aliphatic carbocycles. The molecule has 1 aromatic rings. The van der Waals surface area contributed by atoms with Crippen molar-refractivity contribution < 1.29 is 4.74 Å². The van der Waals surface area contributed by atoms with Crippen LogP contribution in [0.15, 0.2) is 18.2 Å². The molecule has 0 saturated carbocycles. The number of rotatable bonds is 3. The standard InChI is InChI=1S/C12H17ClN2O/c1-15-10(3-2-6-14)8-16-12-7-9(13)4-5-11(12)15/h4-5,7,10H,2-3,6,8,14H2,1H3. The van der Waals surface area contributed by atoms with E-state index in [0.717, 1.165) is 30.8 Å². The van der Waals surface area contributed by atoms with Crippen molar-refractivity contribution in [2.45, 2.75) is 18.9 Å². The third kappa shape index (κ3) is 2.25. The molecule has 1 aromatic carbocycles. The molecule has 0 saturated heterocycles. The fourth-order valence-corrected chi connectivity index (χ4v) is 2.18. The Morgan fingerprint density at radius 1 is 1.56 bits per heavy atom. The van der Waals surface area contributed by atoms with Crippen LogP contribution in [0.2, 0.25) is 5.02 Å². The van der Waals surface area contributed by atoms with Gasteiger partial charge in [-0.25, -0.2) is 0 Å². The van der Waals surface area contributed by atoms with Crippen LogP contribution in [0, 0.1) is 0 Å². The number of hydrogen-bond acceptors (Lipinski definition) is 3. The number of halogens is 1. The minimum atomic E-state index is 0.414. The van der Waals surface area contributed by atoms with Gasteiger partial charge in [0.2, 0.25) is 0 Å². The maximum atomic E-state index is 5.93. The van der Waals surface area contributed by atoms with Crippen molar-refractivity contribution in [3.05, 3.63) is 23.2 Å². The maximum Gasteiger partial charge on any atom is 0.144 e. The van der Waals surface area contributed by atoms with Crippen molar-refractivity contribution in [3.8, 4) is 5.75 Å². The molecule has 2 rings (SSSR count). The molecule has 0 amide bonds. The van der Waals surface area contributed by atoms with Crippen LogP contribution in [0.5, 0.6) is 5.75 Å². The minimum absolute atomic E-state index is 0.414. The molecule has 1 unspecified atom stereocenters. The summed E-state index contributed by atoms with van der Waals surface area (Å²) in [6, 6.07) is 6.18. The van der Waals surface area contributed by atoms with E-state index in [2.05, 4.69) is 11.9 Å². The quantitative estimate of drug-likeness (QED) is 0.881. The number of nitrogens with two attached hydrogens (primary N) is 1. The molecule has 0 spiro atoms. The molecule has 3 nitrogen and oxygen atoms in total. The summed E-state index contributed by atoms with van der Waals surface area (Å²) in [5, 5.41) is 0.715. The normalized spacial score (nSPS) is 19.2. The van der Waals surface area contributed by atoms with E-state index in [1.54, 1.807) is 0 Å². The van der Waals surface area contributed by atoms with E-state index < -0.39 is 0 Å². The van der Waals surface area contributed by atoms with Crippen LogP contribution in [0.3, 0.4) is 0 Å². The topological polar surface area (TPSA) is 38.5 Å². The molecule has 88 valence electrons. The van der Waals surface area contributed by atoms with E-state index in [1.165, 1.54) is 0 Å². The lowest BCUT2D eigenvalue weighted by Crippen LogP contribution is -2.40. The summed E-state index contributed by atoms with van der Waals surface area (Å²) < 4.78 is 5.72. The number of anilines is 1. The summed E-state index contributed by atoms with van der Waals surface area (Å²) >= 11 is 5.93. The molecule has 0 bridgehead atoms. The first-order valence-corrected chi connectivity index (χ1v) is 5.95. The highest BCUT2D eigenvalue weighted by Crippen LogP contribution is 2.35. The highest BCUT2D eigenvalue weighted by molar-refractivity contribution is 6.30. The number of likely N-dealkylation sites (N-methyl/N-ethyl adjacent to an activating group) is 1. The van der Waals surface area contributed by atoms with E-state index in [-0.39, 0.29) is 0 Å². The van der Waals surface area contributed by atoms with Crippen molar-refractivity contribution in [2.24, 2.45) is 5.73 Å². The monoisotopic (exact) mass is 240 g/mol. The van der Waals surface area contributed by atoms with Crippen molar-refractivity contribution >= 4 is 17.3 Å². The Morgan fingerprint density at radius 3 is 3.12 bits per heavy atom. The highest BCUT2D eigenvalue weighted by Gasteiger charge is 2.24. The van der Waals surface area contributed by atoms with Gasteiger partial charge in [0.05, 0.1) is 11.7 Å². The van der Waals surface area contributed by atoms with Crippen LogP contribution >= 0.6 is 11.6 Å². The van der Waals surface area contributed by atoms with Gasteiger partial charge >= 0.3 is 0 Å². The first-order valence-electron chi connectivity index (χ1n) is 5.57. The first-order chi connectivity index (χ1) is 7.72. The van der Waals surface area contributed by atoms with Crippen molar-refractivity contribution in [3.63, 3.8) is 0 Å². The third-order valence-corrected chi connectivity index (χ3v) is 3.26. The predicted octanol–water partition coefficient (Wildman–Crippen LogP) is 2.28. The SMILES string of the molecule is CN1c2ccc(Cl)cc2OCC1CCCN. The summed E-state index contributed by atoms with van der Waals surface area (Å²) in [6.45, 7) is 1.45. The van der Waals surface area contributed by atoms with Gasteiger partial charge in [-0.2, -0.15) is 0 Å². The van der Waals surface area contributed by atoms with Crippen molar-refractivity contribution in [2.75, 3.05) is 25.1 Å². The van der Waals surface area contributed by atoms with E-state index in [0.29, 0.717) is 17.7 Å².